The first-order valence-electron chi connectivity index (χ1n) is 6.07. The van der Waals surface area contributed by atoms with Gasteiger partial charge in [0, 0.05) is 35.3 Å². The van der Waals surface area contributed by atoms with E-state index >= 15 is 0 Å². The summed E-state index contributed by atoms with van der Waals surface area (Å²) < 4.78 is 5.77. The number of nitrogens with one attached hydrogen (secondary N) is 1. The van der Waals surface area contributed by atoms with Crippen molar-refractivity contribution in [3.05, 3.63) is 33.8 Å². The molecule has 18 heavy (non-hydrogen) atoms. The molecule has 0 amide bonds. The molecular weight excluding hydrogens is 271 g/mol. The van der Waals surface area contributed by atoms with Gasteiger partial charge in [-0.2, -0.15) is 0 Å². The van der Waals surface area contributed by atoms with Gasteiger partial charge in [-0.05, 0) is 25.5 Å². The summed E-state index contributed by atoms with van der Waals surface area (Å²) >= 11 is 12.5. The molecule has 0 saturated carbocycles. The first kappa shape index (κ1) is 13.7. The maximum absolute atomic E-state index is 6.23. The second kappa shape index (κ2) is 6.41. The van der Waals surface area contributed by atoms with E-state index in [1.54, 1.807) is 0 Å². The van der Waals surface area contributed by atoms with Crippen LogP contribution in [0.2, 0.25) is 10.0 Å². The molecule has 1 heterocycles. The van der Waals surface area contributed by atoms with Crippen molar-refractivity contribution in [2.45, 2.75) is 19.4 Å². The SMILES string of the molecule is CCOC(C1=NCCCN1)c1c(Cl)cccc1Cl. The molecule has 98 valence electrons. The molecule has 1 atom stereocenters. The van der Waals surface area contributed by atoms with Gasteiger partial charge < -0.3 is 10.1 Å². The van der Waals surface area contributed by atoms with Gasteiger partial charge >= 0.3 is 0 Å². The largest absolute Gasteiger partial charge is 0.371 e. The number of rotatable bonds is 4. The lowest BCUT2D eigenvalue weighted by Crippen LogP contribution is -2.35. The molecule has 3 nitrogen and oxygen atoms in total. The van der Waals surface area contributed by atoms with Crippen LogP contribution in [0.5, 0.6) is 0 Å². The number of aliphatic imine (C=N–C) groups is 1. The van der Waals surface area contributed by atoms with Crippen molar-refractivity contribution in [3.63, 3.8) is 0 Å². The molecule has 1 unspecified atom stereocenters. The van der Waals surface area contributed by atoms with Crippen LogP contribution in [0.1, 0.15) is 25.0 Å². The average molecular weight is 287 g/mol. The second-order valence-corrected chi connectivity index (χ2v) is 4.83. The van der Waals surface area contributed by atoms with E-state index in [2.05, 4.69) is 10.3 Å². The summed E-state index contributed by atoms with van der Waals surface area (Å²) in [6.07, 6.45) is 0.731. The molecular formula is C13H16Cl2N2O. The van der Waals surface area contributed by atoms with Gasteiger partial charge in [-0.25, -0.2) is 0 Å². The van der Waals surface area contributed by atoms with Gasteiger partial charge in [0.05, 0.1) is 0 Å². The van der Waals surface area contributed by atoms with Gasteiger partial charge in [-0.3, -0.25) is 4.99 Å². The molecule has 0 bridgehead atoms. The Morgan fingerprint density at radius 2 is 2.11 bits per heavy atom. The molecule has 1 aliphatic heterocycles. The fraction of sp³-hybridized carbons (Fsp3) is 0.462. The Morgan fingerprint density at radius 3 is 2.67 bits per heavy atom. The number of hydrogen-bond donors (Lipinski definition) is 1. The lowest BCUT2D eigenvalue weighted by molar-refractivity contribution is 0.107. The van der Waals surface area contributed by atoms with Crippen LogP contribution in [-0.2, 0) is 4.74 Å². The van der Waals surface area contributed by atoms with Crippen LogP contribution < -0.4 is 5.32 Å². The smallest absolute Gasteiger partial charge is 0.142 e. The predicted octanol–water partition coefficient (Wildman–Crippen LogP) is 3.46. The second-order valence-electron chi connectivity index (χ2n) is 4.02. The van der Waals surface area contributed by atoms with Crippen LogP contribution in [0.25, 0.3) is 0 Å². The summed E-state index contributed by atoms with van der Waals surface area (Å²) in [5.74, 6) is 0.818. The van der Waals surface area contributed by atoms with Crippen LogP contribution in [0.4, 0.5) is 0 Å². The van der Waals surface area contributed by atoms with E-state index in [0.717, 1.165) is 30.9 Å². The minimum Gasteiger partial charge on any atom is -0.371 e. The lowest BCUT2D eigenvalue weighted by Gasteiger charge is -2.25. The number of halogens is 2. The van der Waals surface area contributed by atoms with E-state index in [-0.39, 0.29) is 6.10 Å². The van der Waals surface area contributed by atoms with Crippen LogP contribution >= 0.6 is 23.2 Å². The van der Waals surface area contributed by atoms with Crippen LogP contribution in [0.15, 0.2) is 23.2 Å². The Morgan fingerprint density at radius 1 is 1.39 bits per heavy atom. The molecule has 1 N–H and O–H groups in total. The molecule has 0 spiro atoms. The minimum atomic E-state index is -0.309. The highest BCUT2D eigenvalue weighted by atomic mass is 35.5. The van der Waals surface area contributed by atoms with Crippen molar-refractivity contribution in [2.24, 2.45) is 4.99 Å². The fourth-order valence-electron chi connectivity index (χ4n) is 1.95. The Bertz CT molecular complexity index is 428. The third-order valence-electron chi connectivity index (χ3n) is 2.77. The quantitative estimate of drug-likeness (QED) is 0.920. The van der Waals surface area contributed by atoms with E-state index in [9.17, 15) is 0 Å². The molecule has 0 radical (unpaired) electrons. The molecule has 1 aromatic rings. The lowest BCUT2D eigenvalue weighted by atomic mass is 10.1. The van der Waals surface area contributed by atoms with Crippen molar-refractivity contribution in [3.8, 4) is 0 Å². The topological polar surface area (TPSA) is 33.6 Å². The van der Waals surface area contributed by atoms with Crippen molar-refractivity contribution in [2.75, 3.05) is 19.7 Å². The molecule has 5 heteroatoms. The van der Waals surface area contributed by atoms with E-state index in [0.29, 0.717) is 16.7 Å². The summed E-state index contributed by atoms with van der Waals surface area (Å²) in [4.78, 5) is 4.47. The summed E-state index contributed by atoms with van der Waals surface area (Å²) in [5.41, 5.74) is 0.788. The van der Waals surface area contributed by atoms with Crippen LogP contribution in [-0.4, -0.2) is 25.5 Å². The van der Waals surface area contributed by atoms with Crippen molar-refractivity contribution >= 4 is 29.0 Å². The zero-order chi connectivity index (χ0) is 13.0. The highest BCUT2D eigenvalue weighted by Crippen LogP contribution is 2.33. The van der Waals surface area contributed by atoms with Gasteiger partial charge in [0.2, 0.25) is 0 Å². The Hall–Kier alpha value is -0.770. The van der Waals surface area contributed by atoms with Crippen molar-refractivity contribution in [1.29, 1.82) is 0 Å². The van der Waals surface area contributed by atoms with E-state index in [1.165, 1.54) is 0 Å². The number of benzene rings is 1. The Kier molecular flexibility index (Phi) is 4.87. The summed E-state index contributed by atoms with van der Waals surface area (Å²) in [6.45, 7) is 4.24. The van der Waals surface area contributed by atoms with E-state index in [4.69, 9.17) is 27.9 Å². The Labute approximate surface area is 117 Å². The van der Waals surface area contributed by atoms with E-state index < -0.39 is 0 Å². The highest BCUT2D eigenvalue weighted by molar-refractivity contribution is 6.36. The van der Waals surface area contributed by atoms with Crippen LogP contribution in [0.3, 0.4) is 0 Å². The van der Waals surface area contributed by atoms with Gasteiger partial charge in [0.15, 0.2) is 0 Å². The maximum atomic E-state index is 6.23. The zero-order valence-corrected chi connectivity index (χ0v) is 11.8. The fourth-order valence-corrected chi connectivity index (χ4v) is 2.55. The van der Waals surface area contributed by atoms with Gasteiger partial charge in [0.1, 0.15) is 11.9 Å². The van der Waals surface area contributed by atoms with Gasteiger partial charge in [-0.15, -0.1) is 0 Å². The van der Waals surface area contributed by atoms with Crippen molar-refractivity contribution in [1.82, 2.24) is 5.32 Å². The van der Waals surface area contributed by atoms with Gasteiger partial charge in [-0.1, -0.05) is 29.3 Å². The number of nitrogens with zero attached hydrogens (tertiary/aromatic N) is 1. The Balaban J connectivity index is 2.37. The average Bonchev–Trinajstić information content (AvgIpc) is 2.38. The molecule has 0 saturated heterocycles. The molecule has 1 aliphatic rings. The maximum Gasteiger partial charge on any atom is 0.142 e. The number of ether oxygens (including phenoxy) is 1. The highest BCUT2D eigenvalue weighted by Gasteiger charge is 2.24. The predicted molar refractivity (Wildman–Crippen MR) is 75.8 cm³/mol. The standard InChI is InChI=1S/C13H16Cl2N2O/c1-2-18-12(13-16-7-4-8-17-13)11-9(14)5-3-6-10(11)15/h3,5-6,12H,2,4,7-8H2,1H3,(H,16,17). The molecule has 2 rings (SSSR count). The minimum absolute atomic E-state index is 0.309. The normalized spacial score (nSPS) is 16.9. The van der Waals surface area contributed by atoms with Crippen LogP contribution in [0, 0.1) is 0 Å². The monoisotopic (exact) mass is 286 g/mol. The zero-order valence-electron chi connectivity index (χ0n) is 10.2. The summed E-state index contributed by atoms with van der Waals surface area (Å²) in [7, 11) is 0. The molecule has 1 aromatic carbocycles. The molecule has 0 aromatic heterocycles. The van der Waals surface area contributed by atoms with Crippen molar-refractivity contribution < 1.29 is 4.74 Å². The first-order valence-corrected chi connectivity index (χ1v) is 6.83. The molecule has 0 fully saturated rings. The third kappa shape index (κ3) is 2.97. The molecule has 0 aliphatic carbocycles. The summed E-state index contributed by atoms with van der Waals surface area (Å²) in [6, 6.07) is 5.46. The number of hydrogen-bond acceptors (Lipinski definition) is 3. The van der Waals surface area contributed by atoms with Gasteiger partial charge in [0.25, 0.3) is 0 Å². The first-order chi connectivity index (χ1) is 8.74. The van der Waals surface area contributed by atoms with E-state index in [1.807, 2.05) is 25.1 Å². The summed E-state index contributed by atoms with van der Waals surface area (Å²) in [5, 5.41) is 4.48. The third-order valence-corrected chi connectivity index (χ3v) is 3.43. The number of amidine groups is 1.